The maximum absolute atomic E-state index is 13.4. The monoisotopic (exact) mass is 360 g/mol. The van der Waals surface area contributed by atoms with Gasteiger partial charge in [-0.2, -0.15) is 0 Å². The fraction of sp³-hybridized carbons (Fsp3) is 0.391. The van der Waals surface area contributed by atoms with Crippen molar-refractivity contribution in [3.8, 4) is 0 Å². The number of benzene rings is 2. The summed E-state index contributed by atoms with van der Waals surface area (Å²) in [5.74, 6) is -0.520. The molecule has 0 N–H and O–H groups in total. The Bertz CT molecular complexity index is 818. The van der Waals surface area contributed by atoms with E-state index in [1.807, 2.05) is 24.3 Å². The Morgan fingerprint density at radius 1 is 0.741 bits per heavy atom. The minimum Gasteiger partial charge on any atom is -0.286 e. The van der Waals surface area contributed by atoms with E-state index in [1.54, 1.807) is 0 Å². The molecule has 27 heavy (non-hydrogen) atoms. The van der Waals surface area contributed by atoms with Crippen LogP contribution in [-0.4, -0.2) is 41.4 Å². The fourth-order valence-electron chi connectivity index (χ4n) is 5.50. The van der Waals surface area contributed by atoms with Crippen molar-refractivity contribution in [1.29, 1.82) is 0 Å². The van der Waals surface area contributed by atoms with E-state index in [1.165, 1.54) is 27.2 Å². The van der Waals surface area contributed by atoms with Crippen LogP contribution in [0.25, 0.3) is 0 Å². The Morgan fingerprint density at radius 3 is 1.44 bits per heavy atom. The molecule has 2 amide bonds. The van der Waals surface area contributed by atoms with Crippen molar-refractivity contribution < 1.29 is 9.59 Å². The van der Waals surface area contributed by atoms with Crippen LogP contribution in [0.2, 0.25) is 0 Å². The van der Waals surface area contributed by atoms with Crippen LogP contribution in [0.1, 0.15) is 47.9 Å². The maximum Gasteiger partial charge on any atom is 0.235 e. The Labute approximate surface area is 159 Å². The van der Waals surface area contributed by atoms with E-state index < -0.39 is 0 Å². The summed E-state index contributed by atoms with van der Waals surface area (Å²) in [5.41, 5.74) is 4.92. The number of hydrogen-bond acceptors (Lipinski definition) is 3. The van der Waals surface area contributed by atoms with Gasteiger partial charge in [0.25, 0.3) is 0 Å². The predicted octanol–water partition coefficient (Wildman–Crippen LogP) is 3.18. The molecule has 0 spiro atoms. The molecule has 0 saturated carbocycles. The molecular formula is C23H24N2O2. The average molecular weight is 360 g/mol. The van der Waals surface area contributed by atoms with Gasteiger partial charge in [-0.25, -0.2) is 0 Å². The molecule has 2 aromatic carbocycles. The van der Waals surface area contributed by atoms with Crippen molar-refractivity contribution in [2.45, 2.75) is 25.7 Å². The number of carbonyl (C=O) groups is 2. The Hall–Kier alpha value is -2.46. The van der Waals surface area contributed by atoms with Gasteiger partial charge in [0.1, 0.15) is 0 Å². The number of nitrogens with zero attached hydrogens (tertiary/aromatic N) is 2. The highest BCUT2D eigenvalue weighted by atomic mass is 16.2. The molecule has 138 valence electrons. The van der Waals surface area contributed by atoms with Crippen LogP contribution in [0, 0.1) is 11.8 Å². The zero-order chi connectivity index (χ0) is 18.7. The third-order valence-electron chi connectivity index (χ3n) is 6.78. The largest absolute Gasteiger partial charge is 0.286 e. The maximum atomic E-state index is 13.4. The van der Waals surface area contributed by atoms with Gasteiger partial charge in [-0.3, -0.25) is 19.4 Å². The minimum absolute atomic E-state index is 0.00875. The van der Waals surface area contributed by atoms with Crippen LogP contribution in [0.4, 0.5) is 0 Å². The van der Waals surface area contributed by atoms with Crippen molar-refractivity contribution in [3.05, 3.63) is 70.8 Å². The molecule has 2 aromatic rings. The molecule has 4 heteroatoms. The summed E-state index contributed by atoms with van der Waals surface area (Å²) in [7, 11) is 0. The first-order chi connectivity index (χ1) is 13.2. The van der Waals surface area contributed by atoms with Gasteiger partial charge in [-0.15, -0.1) is 0 Å². The van der Waals surface area contributed by atoms with Gasteiger partial charge in [0, 0.05) is 11.8 Å². The zero-order valence-corrected chi connectivity index (χ0v) is 15.8. The highest BCUT2D eigenvalue weighted by molar-refractivity contribution is 6.07. The predicted molar refractivity (Wildman–Crippen MR) is 103 cm³/mol. The average Bonchev–Trinajstić information content (AvgIpc) is 2.97. The van der Waals surface area contributed by atoms with Crippen LogP contribution >= 0.6 is 0 Å². The standard InChI is InChI=1S/C23H24N2O2/c1-3-24(4-2)13-25-22(26)20-18-14-9-5-6-10-15(14)19(21(20)23(25)27)17-12-8-7-11-16(17)18/h5-12,18-21H,3-4,13H2,1-2H3/t18?,19?,20-,21-/m0/s1. The van der Waals surface area contributed by atoms with E-state index >= 15 is 0 Å². The zero-order valence-electron chi connectivity index (χ0n) is 15.8. The van der Waals surface area contributed by atoms with Gasteiger partial charge < -0.3 is 0 Å². The molecule has 0 unspecified atom stereocenters. The summed E-state index contributed by atoms with van der Waals surface area (Å²) < 4.78 is 0. The molecule has 2 atom stereocenters. The van der Waals surface area contributed by atoms with Crippen molar-refractivity contribution in [2.75, 3.05) is 19.8 Å². The van der Waals surface area contributed by atoms with Gasteiger partial charge in [-0.1, -0.05) is 62.4 Å². The van der Waals surface area contributed by atoms with E-state index in [0.717, 1.165) is 13.1 Å². The van der Waals surface area contributed by atoms with Crippen molar-refractivity contribution in [1.82, 2.24) is 9.80 Å². The molecule has 1 saturated heterocycles. The Kier molecular flexibility index (Phi) is 3.73. The van der Waals surface area contributed by atoms with E-state index in [9.17, 15) is 9.59 Å². The van der Waals surface area contributed by atoms with Gasteiger partial charge >= 0.3 is 0 Å². The molecule has 2 bridgehead atoms. The fourth-order valence-corrected chi connectivity index (χ4v) is 5.50. The molecule has 4 aliphatic rings. The molecule has 4 nitrogen and oxygen atoms in total. The summed E-state index contributed by atoms with van der Waals surface area (Å²) >= 11 is 0. The summed E-state index contributed by atoms with van der Waals surface area (Å²) in [5, 5.41) is 0. The summed E-state index contributed by atoms with van der Waals surface area (Å²) in [6.07, 6.45) is 0. The van der Waals surface area contributed by atoms with Crippen LogP contribution < -0.4 is 0 Å². The van der Waals surface area contributed by atoms with E-state index in [2.05, 4.69) is 43.0 Å². The van der Waals surface area contributed by atoms with Crippen molar-refractivity contribution >= 4 is 11.8 Å². The molecular weight excluding hydrogens is 336 g/mol. The molecule has 1 fully saturated rings. The van der Waals surface area contributed by atoms with Gasteiger partial charge in [0.2, 0.25) is 11.8 Å². The first kappa shape index (κ1) is 16.7. The highest BCUT2D eigenvalue weighted by Gasteiger charge is 2.61. The second kappa shape index (κ2) is 6.03. The second-order valence-corrected chi connectivity index (χ2v) is 7.81. The van der Waals surface area contributed by atoms with Gasteiger partial charge in [0.15, 0.2) is 0 Å². The second-order valence-electron chi connectivity index (χ2n) is 7.81. The van der Waals surface area contributed by atoms with Crippen LogP contribution in [0.3, 0.4) is 0 Å². The third-order valence-corrected chi connectivity index (χ3v) is 6.78. The lowest BCUT2D eigenvalue weighted by Gasteiger charge is -2.45. The lowest BCUT2D eigenvalue weighted by Crippen LogP contribution is -2.42. The quantitative estimate of drug-likeness (QED) is 0.787. The van der Waals surface area contributed by atoms with E-state index in [4.69, 9.17) is 0 Å². The van der Waals surface area contributed by atoms with Crippen LogP contribution in [0.5, 0.6) is 0 Å². The normalized spacial score (nSPS) is 27.7. The number of hydrogen-bond donors (Lipinski definition) is 0. The molecule has 6 rings (SSSR count). The molecule has 1 aliphatic heterocycles. The number of likely N-dealkylation sites (tertiary alicyclic amines) is 1. The Balaban J connectivity index is 1.65. The molecule has 3 aliphatic carbocycles. The number of carbonyl (C=O) groups excluding carboxylic acids is 2. The topological polar surface area (TPSA) is 40.6 Å². The van der Waals surface area contributed by atoms with E-state index in [-0.39, 0.29) is 35.5 Å². The SMILES string of the molecule is CCN(CC)CN1C(=O)[C@H]2C3c4ccccc4C(c4ccccc43)[C@@H]2C1=O. The lowest BCUT2D eigenvalue weighted by molar-refractivity contribution is -0.142. The number of imide groups is 1. The number of rotatable bonds is 4. The summed E-state index contributed by atoms with van der Waals surface area (Å²) in [6.45, 7) is 6.20. The smallest absolute Gasteiger partial charge is 0.235 e. The summed E-state index contributed by atoms with van der Waals surface area (Å²) in [6, 6.07) is 16.8. The molecule has 0 aromatic heterocycles. The highest BCUT2D eigenvalue weighted by Crippen LogP contribution is 2.60. The van der Waals surface area contributed by atoms with Gasteiger partial charge in [0.05, 0.1) is 18.5 Å². The molecule has 0 radical (unpaired) electrons. The first-order valence-electron chi connectivity index (χ1n) is 9.92. The minimum atomic E-state index is -0.261. The van der Waals surface area contributed by atoms with E-state index in [0.29, 0.717) is 6.67 Å². The first-order valence-corrected chi connectivity index (χ1v) is 9.92. The number of amides is 2. The van der Waals surface area contributed by atoms with Gasteiger partial charge in [-0.05, 0) is 35.3 Å². The Morgan fingerprint density at radius 2 is 1.11 bits per heavy atom. The van der Waals surface area contributed by atoms with Crippen LogP contribution in [-0.2, 0) is 9.59 Å². The summed E-state index contributed by atoms with van der Waals surface area (Å²) in [4.78, 5) is 30.5. The van der Waals surface area contributed by atoms with Crippen molar-refractivity contribution in [2.24, 2.45) is 11.8 Å². The van der Waals surface area contributed by atoms with Crippen LogP contribution in [0.15, 0.2) is 48.5 Å². The lowest BCUT2D eigenvalue weighted by atomic mass is 9.55. The van der Waals surface area contributed by atoms with Crippen molar-refractivity contribution in [3.63, 3.8) is 0 Å². The molecule has 1 heterocycles. The third kappa shape index (κ3) is 2.13.